The van der Waals surface area contributed by atoms with E-state index in [1.54, 1.807) is 6.92 Å². The number of amides is 2. The van der Waals surface area contributed by atoms with Crippen molar-refractivity contribution in [1.82, 2.24) is 20.5 Å². The number of rotatable bonds is 1. The molecule has 2 rings (SSSR count). The Labute approximate surface area is 106 Å². The summed E-state index contributed by atoms with van der Waals surface area (Å²) in [5.74, 6) is -0.687. The van der Waals surface area contributed by atoms with Crippen molar-refractivity contribution in [3.63, 3.8) is 0 Å². The van der Waals surface area contributed by atoms with Gasteiger partial charge in [0.05, 0.1) is 6.54 Å². The lowest BCUT2D eigenvalue weighted by Crippen LogP contribution is -2.57. The molecular formula is C8H7Cl2N5O2. The molecule has 1 aliphatic rings. The molecule has 0 spiro atoms. The Kier molecular flexibility index (Phi) is 3.12. The van der Waals surface area contributed by atoms with Gasteiger partial charge in [0.2, 0.25) is 17.1 Å². The lowest BCUT2D eigenvalue weighted by molar-refractivity contribution is -0.132. The minimum Gasteiger partial charge on any atom is -0.333 e. The fraction of sp³-hybridized carbons (Fsp3) is 0.375. The minimum atomic E-state index is -0.585. The molecule has 0 radical (unpaired) electrons. The highest BCUT2D eigenvalue weighted by molar-refractivity contribution is 6.32. The summed E-state index contributed by atoms with van der Waals surface area (Å²) in [5.41, 5.74) is 0. The molecule has 0 bridgehead atoms. The van der Waals surface area contributed by atoms with E-state index in [2.05, 4.69) is 20.5 Å². The van der Waals surface area contributed by atoms with Gasteiger partial charge in [0.1, 0.15) is 6.04 Å². The third-order valence-corrected chi connectivity index (χ3v) is 2.70. The Bertz CT molecular complexity index is 495. The molecule has 9 heteroatoms. The largest absolute Gasteiger partial charge is 0.333 e. The monoisotopic (exact) mass is 275 g/mol. The van der Waals surface area contributed by atoms with Crippen molar-refractivity contribution in [3.05, 3.63) is 10.4 Å². The third-order valence-electron chi connectivity index (χ3n) is 2.30. The summed E-state index contributed by atoms with van der Waals surface area (Å²) in [6.45, 7) is 1.58. The summed E-state index contributed by atoms with van der Waals surface area (Å²) in [6.07, 6.45) is 0. The van der Waals surface area contributed by atoms with Crippen molar-refractivity contribution in [2.45, 2.75) is 13.0 Å². The highest BCUT2D eigenvalue weighted by Crippen LogP contribution is 2.24. The lowest BCUT2D eigenvalue weighted by atomic mass is 10.2. The van der Waals surface area contributed by atoms with Gasteiger partial charge in [-0.2, -0.15) is 4.98 Å². The maximum atomic E-state index is 11.5. The molecule has 0 aromatic carbocycles. The first kappa shape index (κ1) is 12.0. The van der Waals surface area contributed by atoms with Crippen molar-refractivity contribution >= 4 is 40.8 Å². The highest BCUT2D eigenvalue weighted by atomic mass is 35.5. The van der Waals surface area contributed by atoms with Crippen LogP contribution in [0.25, 0.3) is 0 Å². The molecular weight excluding hydrogens is 269 g/mol. The molecule has 1 atom stereocenters. The standard InChI is InChI=1S/C8H7Cl2N5O2/c1-3-7(17)11-4(16)2-15(3)6-5(9)13-14-8(10)12-6/h3H,2H2,1H3,(H,11,16,17). The fourth-order valence-electron chi connectivity index (χ4n) is 1.44. The summed E-state index contributed by atoms with van der Waals surface area (Å²) in [5, 5.41) is 9.12. The van der Waals surface area contributed by atoms with Gasteiger partial charge in [-0.05, 0) is 18.5 Å². The van der Waals surface area contributed by atoms with E-state index in [4.69, 9.17) is 23.2 Å². The van der Waals surface area contributed by atoms with Gasteiger partial charge in [0.25, 0.3) is 0 Å². The van der Waals surface area contributed by atoms with Crippen LogP contribution in [-0.2, 0) is 9.59 Å². The van der Waals surface area contributed by atoms with Gasteiger partial charge in [0.15, 0.2) is 11.0 Å². The van der Waals surface area contributed by atoms with Crippen LogP contribution in [0, 0.1) is 0 Å². The number of hydrogen-bond acceptors (Lipinski definition) is 6. The SMILES string of the molecule is CC1C(=O)NC(=O)CN1c1nc(Cl)nnc1Cl. The van der Waals surface area contributed by atoms with Gasteiger partial charge < -0.3 is 4.90 Å². The summed E-state index contributed by atoms with van der Waals surface area (Å²) in [6, 6.07) is -0.585. The molecule has 0 saturated carbocycles. The van der Waals surface area contributed by atoms with Crippen molar-refractivity contribution in [2.75, 3.05) is 11.4 Å². The molecule has 2 amide bonds. The predicted octanol–water partition coefficient (Wildman–Crippen LogP) is 0.0297. The van der Waals surface area contributed by atoms with Crippen LogP contribution in [0.15, 0.2) is 0 Å². The molecule has 7 nitrogen and oxygen atoms in total. The van der Waals surface area contributed by atoms with E-state index in [9.17, 15) is 9.59 Å². The topological polar surface area (TPSA) is 88.1 Å². The van der Waals surface area contributed by atoms with E-state index in [1.165, 1.54) is 4.90 Å². The zero-order chi connectivity index (χ0) is 12.6. The van der Waals surface area contributed by atoms with Gasteiger partial charge >= 0.3 is 0 Å². The van der Waals surface area contributed by atoms with Crippen LogP contribution >= 0.6 is 23.2 Å². The van der Waals surface area contributed by atoms with Crippen LogP contribution in [0.2, 0.25) is 10.4 Å². The molecule has 1 saturated heterocycles. The van der Waals surface area contributed by atoms with Crippen molar-refractivity contribution in [2.24, 2.45) is 0 Å². The maximum absolute atomic E-state index is 11.5. The summed E-state index contributed by atoms with van der Waals surface area (Å²) in [4.78, 5) is 28.0. The molecule has 0 aliphatic carbocycles. The molecule has 17 heavy (non-hydrogen) atoms. The Morgan fingerprint density at radius 1 is 1.35 bits per heavy atom. The van der Waals surface area contributed by atoms with Gasteiger partial charge in [-0.3, -0.25) is 14.9 Å². The zero-order valence-corrected chi connectivity index (χ0v) is 10.2. The molecule has 1 unspecified atom stereocenters. The minimum absolute atomic E-state index is 0.0104. The highest BCUT2D eigenvalue weighted by Gasteiger charge is 2.32. The third kappa shape index (κ3) is 2.29. The average Bonchev–Trinajstić information content (AvgIpc) is 2.27. The second kappa shape index (κ2) is 4.42. The molecule has 1 aromatic heterocycles. The number of aromatic nitrogens is 3. The van der Waals surface area contributed by atoms with Gasteiger partial charge in [-0.25, -0.2) is 0 Å². The first-order valence-electron chi connectivity index (χ1n) is 4.65. The van der Waals surface area contributed by atoms with Crippen LogP contribution < -0.4 is 10.2 Å². The number of piperazine rings is 1. The number of nitrogens with one attached hydrogen (secondary N) is 1. The fourth-order valence-corrected chi connectivity index (χ4v) is 1.75. The Morgan fingerprint density at radius 2 is 2.06 bits per heavy atom. The second-order valence-corrected chi connectivity index (χ2v) is 4.11. The number of carbonyl (C=O) groups excluding carboxylic acids is 2. The molecule has 1 aromatic rings. The Morgan fingerprint density at radius 3 is 2.76 bits per heavy atom. The van der Waals surface area contributed by atoms with E-state index in [0.29, 0.717) is 0 Å². The Hall–Kier alpha value is -1.47. The first-order valence-corrected chi connectivity index (χ1v) is 5.40. The van der Waals surface area contributed by atoms with E-state index in [-0.39, 0.29) is 22.8 Å². The van der Waals surface area contributed by atoms with Gasteiger partial charge in [-0.15, -0.1) is 10.2 Å². The van der Waals surface area contributed by atoms with Crippen molar-refractivity contribution in [1.29, 1.82) is 0 Å². The summed E-state index contributed by atoms with van der Waals surface area (Å²) >= 11 is 11.4. The number of carbonyl (C=O) groups is 2. The van der Waals surface area contributed by atoms with Crippen LogP contribution in [0.1, 0.15) is 6.92 Å². The molecule has 90 valence electrons. The number of imide groups is 1. The molecule has 2 heterocycles. The average molecular weight is 276 g/mol. The smallest absolute Gasteiger partial charge is 0.249 e. The van der Waals surface area contributed by atoms with Crippen molar-refractivity contribution < 1.29 is 9.59 Å². The number of halogens is 2. The quantitative estimate of drug-likeness (QED) is 0.728. The maximum Gasteiger partial charge on any atom is 0.249 e. The van der Waals surface area contributed by atoms with Crippen LogP contribution in [0.4, 0.5) is 5.82 Å². The van der Waals surface area contributed by atoms with E-state index < -0.39 is 17.9 Å². The summed E-state index contributed by atoms with van der Waals surface area (Å²) in [7, 11) is 0. The van der Waals surface area contributed by atoms with Crippen molar-refractivity contribution in [3.8, 4) is 0 Å². The van der Waals surface area contributed by atoms with Crippen LogP contribution in [-0.4, -0.2) is 39.6 Å². The van der Waals surface area contributed by atoms with Crippen LogP contribution in [0.3, 0.4) is 0 Å². The molecule has 1 aliphatic heterocycles. The van der Waals surface area contributed by atoms with Crippen LogP contribution in [0.5, 0.6) is 0 Å². The predicted molar refractivity (Wildman–Crippen MR) is 59.8 cm³/mol. The molecule has 1 N–H and O–H groups in total. The number of anilines is 1. The zero-order valence-electron chi connectivity index (χ0n) is 8.65. The van der Waals surface area contributed by atoms with E-state index >= 15 is 0 Å². The summed E-state index contributed by atoms with van der Waals surface area (Å²) < 4.78 is 0. The second-order valence-electron chi connectivity index (χ2n) is 3.41. The van der Waals surface area contributed by atoms with E-state index in [1.807, 2.05) is 0 Å². The molecule has 1 fully saturated rings. The Balaban J connectivity index is 2.40. The van der Waals surface area contributed by atoms with Gasteiger partial charge in [0, 0.05) is 0 Å². The lowest BCUT2D eigenvalue weighted by Gasteiger charge is -2.32. The van der Waals surface area contributed by atoms with E-state index in [0.717, 1.165) is 0 Å². The first-order chi connectivity index (χ1) is 7.99. The normalized spacial score (nSPS) is 20.4. The number of nitrogens with zero attached hydrogens (tertiary/aromatic N) is 4. The van der Waals surface area contributed by atoms with Gasteiger partial charge in [-0.1, -0.05) is 11.6 Å². The number of hydrogen-bond donors (Lipinski definition) is 1.